The molecule has 0 radical (unpaired) electrons. The molecule has 1 aromatic heterocycles. The predicted octanol–water partition coefficient (Wildman–Crippen LogP) is 4.95. The molecule has 0 spiro atoms. The average molecular weight is 555 g/mol. The molecule has 2 aliphatic rings. The van der Waals surface area contributed by atoms with Crippen LogP contribution in [0.5, 0.6) is 5.75 Å². The molecule has 1 aliphatic carbocycles. The summed E-state index contributed by atoms with van der Waals surface area (Å²) in [6, 6.07) is 17.9. The minimum atomic E-state index is -0.381. The Balaban J connectivity index is 1.07. The van der Waals surface area contributed by atoms with Crippen LogP contribution >= 0.6 is 0 Å². The first-order valence-electron chi connectivity index (χ1n) is 13.9. The quantitative estimate of drug-likeness (QED) is 0.414. The largest absolute Gasteiger partial charge is 0.490 e. The molecule has 1 saturated carbocycles. The van der Waals surface area contributed by atoms with Crippen LogP contribution in [0, 0.1) is 23.1 Å². The summed E-state index contributed by atoms with van der Waals surface area (Å²) in [5.74, 6) is -0.335. The number of halogens is 1. The number of likely N-dealkylation sites (tertiary alicyclic amines) is 1. The van der Waals surface area contributed by atoms with E-state index in [1.807, 2.05) is 0 Å². The summed E-state index contributed by atoms with van der Waals surface area (Å²) in [5, 5.41) is 12.0. The van der Waals surface area contributed by atoms with Gasteiger partial charge in [0, 0.05) is 36.8 Å². The van der Waals surface area contributed by atoms with Gasteiger partial charge >= 0.3 is 0 Å². The van der Waals surface area contributed by atoms with Gasteiger partial charge in [0.15, 0.2) is 5.78 Å². The number of aromatic nitrogens is 1. The molecule has 9 heteroatoms. The Hall–Kier alpha value is -4.58. The van der Waals surface area contributed by atoms with Gasteiger partial charge in [0.25, 0.3) is 11.8 Å². The van der Waals surface area contributed by atoms with Gasteiger partial charge in [-0.2, -0.15) is 5.26 Å². The lowest BCUT2D eigenvalue weighted by Crippen LogP contribution is -2.40. The van der Waals surface area contributed by atoms with Crippen LogP contribution in [0.3, 0.4) is 0 Å². The Kier molecular flexibility index (Phi) is 8.68. The van der Waals surface area contributed by atoms with E-state index in [2.05, 4.69) is 16.4 Å². The number of carbonyl (C=O) groups is 3. The number of benzene rings is 2. The second kappa shape index (κ2) is 12.7. The van der Waals surface area contributed by atoms with E-state index in [4.69, 9.17) is 10.00 Å². The van der Waals surface area contributed by atoms with Gasteiger partial charge in [0.2, 0.25) is 0 Å². The molecule has 1 saturated heterocycles. The zero-order valence-corrected chi connectivity index (χ0v) is 22.6. The number of nitrogens with zero attached hydrogens (tertiary/aromatic N) is 3. The highest BCUT2D eigenvalue weighted by Gasteiger charge is 2.29. The van der Waals surface area contributed by atoms with Crippen molar-refractivity contribution in [2.24, 2.45) is 5.92 Å². The van der Waals surface area contributed by atoms with Gasteiger partial charge in [-0.05, 0) is 99.2 Å². The summed E-state index contributed by atoms with van der Waals surface area (Å²) in [6.45, 7) is 0.881. The van der Waals surface area contributed by atoms with Crippen molar-refractivity contribution < 1.29 is 23.5 Å². The van der Waals surface area contributed by atoms with Crippen molar-refractivity contribution >= 4 is 17.6 Å². The van der Waals surface area contributed by atoms with Crippen molar-refractivity contribution in [2.45, 2.75) is 50.7 Å². The first kappa shape index (κ1) is 28.0. The van der Waals surface area contributed by atoms with Crippen LogP contribution < -0.4 is 10.1 Å². The van der Waals surface area contributed by atoms with Crippen LogP contribution in [0.2, 0.25) is 0 Å². The number of pyridine rings is 1. The zero-order valence-electron chi connectivity index (χ0n) is 22.6. The van der Waals surface area contributed by atoms with Crippen LogP contribution in [0.1, 0.15) is 75.3 Å². The summed E-state index contributed by atoms with van der Waals surface area (Å²) < 4.78 is 19.2. The van der Waals surface area contributed by atoms with Crippen LogP contribution in [-0.2, 0) is 0 Å². The molecule has 2 fully saturated rings. The fourth-order valence-corrected chi connectivity index (χ4v) is 5.42. The third-order valence-electron chi connectivity index (χ3n) is 7.82. The standard InChI is InChI=1S/C32H31FN4O4/c33-25-6-3-22(4-7-25)30(38)23-15-17-37(18-16-23)32(40)24-5-14-29(35-20-24)31(39)36-26-8-12-28(13-9-26)41-27-10-1-21(19-34)2-11-27/h1-7,10-11,14,20,23,26,28H,8-9,12-13,15-18H2,(H,36,39)/t26-,28+. The Morgan fingerprint density at radius 3 is 2.15 bits per heavy atom. The Morgan fingerprint density at radius 2 is 1.54 bits per heavy atom. The summed E-state index contributed by atoms with van der Waals surface area (Å²) in [5.41, 5.74) is 1.72. The molecule has 3 aromatic rings. The Bertz CT molecular complexity index is 1420. The highest BCUT2D eigenvalue weighted by atomic mass is 19.1. The fourth-order valence-electron chi connectivity index (χ4n) is 5.42. The van der Waals surface area contributed by atoms with Crippen molar-refractivity contribution in [3.63, 3.8) is 0 Å². The second-order valence-electron chi connectivity index (χ2n) is 10.6. The average Bonchev–Trinajstić information content (AvgIpc) is 3.02. The van der Waals surface area contributed by atoms with Crippen LogP contribution in [0.25, 0.3) is 0 Å². The molecule has 2 amide bonds. The molecule has 210 valence electrons. The van der Waals surface area contributed by atoms with Gasteiger partial charge in [-0.1, -0.05) is 0 Å². The van der Waals surface area contributed by atoms with Crippen molar-refractivity contribution in [3.05, 3.63) is 95.1 Å². The first-order valence-corrected chi connectivity index (χ1v) is 13.9. The number of carbonyl (C=O) groups excluding carboxylic acids is 3. The van der Waals surface area contributed by atoms with E-state index in [0.717, 1.165) is 31.4 Å². The van der Waals surface area contributed by atoms with Crippen LogP contribution in [0.15, 0.2) is 66.9 Å². The van der Waals surface area contributed by atoms with E-state index in [0.29, 0.717) is 42.6 Å². The number of nitrogens with one attached hydrogen (secondary N) is 1. The smallest absolute Gasteiger partial charge is 0.270 e. The molecule has 1 aliphatic heterocycles. The number of Topliss-reactive ketones (excluding diaryl/α,β-unsaturated/α-hetero) is 1. The third kappa shape index (κ3) is 6.95. The SMILES string of the molecule is N#Cc1ccc(O[C@H]2CC[C@@H](NC(=O)c3ccc(C(=O)N4CCC(C(=O)c5ccc(F)cc5)CC4)cn3)CC2)cc1. The summed E-state index contributed by atoms with van der Waals surface area (Å²) in [6.07, 6.45) is 5.73. The topological polar surface area (TPSA) is 112 Å². The number of ketones is 1. The van der Waals surface area contributed by atoms with E-state index < -0.39 is 0 Å². The van der Waals surface area contributed by atoms with Crippen LogP contribution in [0.4, 0.5) is 4.39 Å². The van der Waals surface area contributed by atoms with E-state index in [1.165, 1.54) is 30.5 Å². The molecule has 2 aromatic carbocycles. The summed E-state index contributed by atoms with van der Waals surface area (Å²) in [7, 11) is 0. The number of nitriles is 1. The minimum absolute atomic E-state index is 0.0188. The molecule has 1 N–H and O–H groups in total. The zero-order chi connectivity index (χ0) is 28.8. The van der Waals surface area contributed by atoms with Crippen molar-refractivity contribution in [2.75, 3.05) is 13.1 Å². The number of hydrogen-bond donors (Lipinski definition) is 1. The van der Waals surface area contributed by atoms with Crippen molar-refractivity contribution in [1.82, 2.24) is 15.2 Å². The second-order valence-corrected chi connectivity index (χ2v) is 10.6. The number of ether oxygens (including phenoxy) is 1. The molecule has 2 heterocycles. The molecule has 41 heavy (non-hydrogen) atoms. The number of amides is 2. The first-order chi connectivity index (χ1) is 19.9. The summed E-state index contributed by atoms with van der Waals surface area (Å²) >= 11 is 0. The lowest BCUT2D eigenvalue weighted by atomic mass is 9.88. The van der Waals surface area contributed by atoms with Crippen molar-refractivity contribution in [3.8, 4) is 11.8 Å². The highest BCUT2D eigenvalue weighted by molar-refractivity contribution is 5.99. The van der Waals surface area contributed by atoms with E-state index >= 15 is 0 Å². The maximum atomic E-state index is 13.2. The third-order valence-corrected chi connectivity index (χ3v) is 7.82. The van der Waals surface area contributed by atoms with Crippen LogP contribution in [-0.4, -0.2) is 52.7 Å². The lowest BCUT2D eigenvalue weighted by Gasteiger charge is -2.31. The van der Waals surface area contributed by atoms with E-state index in [1.54, 1.807) is 41.3 Å². The predicted molar refractivity (Wildman–Crippen MR) is 149 cm³/mol. The van der Waals surface area contributed by atoms with Gasteiger partial charge in [-0.25, -0.2) is 4.39 Å². The summed E-state index contributed by atoms with van der Waals surface area (Å²) in [4.78, 5) is 44.5. The van der Waals surface area contributed by atoms with Gasteiger partial charge in [0.1, 0.15) is 17.3 Å². The van der Waals surface area contributed by atoms with E-state index in [-0.39, 0.29) is 47.2 Å². The van der Waals surface area contributed by atoms with Gasteiger partial charge in [-0.3, -0.25) is 19.4 Å². The maximum absolute atomic E-state index is 13.2. The molecule has 0 atom stereocenters. The molecular formula is C32H31FN4O4. The minimum Gasteiger partial charge on any atom is -0.490 e. The number of rotatable bonds is 7. The number of piperidine rings is 1. The molecule has 8 nitrogen and oxygen atoms in total. The molecule has 0 bridgehead atoms. The van der Waals surface area contributed by atoms with Gasteiger partial charge in [-0.15, -0.1) is 0 Å². The monoisotopic (exact) mass is 554 g/mol. The number of hydrogen-bond acceptors (Lipinski definition) is 6. The fraction of sp³-hybridized carbons (Fsp3) is 0.344. The van der Waals surface area contributed by atoms with Gasteiger partial charge < -0.3 is 15.0 Å². The van der Waals surface area contributed by atoms with E-state index in [9.17, 15) is 18.8 Å². The molecular weight excluding hydrogens is 523 g/mol. The normalized spacial score (nSPS) is 19.2. The molecule has 5 rings (SSSR count). The lowest BCUT2D eigenvalue weighted by molar-refractivity contribution is 0.0649. The van der Waals surface area contributed by atoms with Crippen molar-refractivity contribution in [1.29, 1.82) is 5.26 Å². The molecule has 0 unspecified atom stereocenters. The highest BCUT2D eigenvalue weighted by Crippen LogP contribution is 2.25. The maximum Gasteiger partial charge on any atom is 0.270 e. The van der Waals surface area contributed by atoms with Gasteiger partial charge in [0.05, 0.1) is 23.3 Å². The Labute approximate surface area is 238 Å². The Morgan fingerprint density at radius 1 is 0.878 bits per heavy atom.